The third kappa shape index (κ3) is 3.90. The Labute approximate surface area is 171 Å². The molecule has 1 N–H and O–H groups in total. The van der Waals surface area contributed by atoms with Gasteiger partial charge < -0.3 is 23.8 Å². The summed E-state index contributed by atoms with van der Waals surface area (Å²) in [6.07, 6.45) is 2.69. The molecule has 0 radical (unpaired) electrons. The van der Waals surface area contributed by atoms with Crippen LogP contribution in [0.1, 0.15) is 35.6 Å². The number of hydrogen-bond donors (Lipinski definition) is 1. The van der Waals surface area contributed by atoms with Crippen LogP contribution in [0.15, 0.2) is 30.3 Å². The lowest BCUT2D eigenvalue weighted by Crippen LogP contribution is -3.10. The summed E-state index contributed by atoms with van der Waals surface area (Å²) < 4.78 is 22.1. The second kappa shape index (κ2) is 8.33. The summed E-state index contributed by atoms with van der Waals surface area (Å²) in [5.74, 6) is 3.22. The van der Waals surface area contributed by atoms with Crippen LogP contribution < -0.4 is 23.8 Å². The second-order valence-corrected chi connectivity index (χ2v) is 7.71. The first-order valence-electron chi connectivity index (χ1n) is 10.1. The van der Waals surface area contributed by atoms with E-state index in [1.54, 1.807) is 14.2 Å². The fourth-order valence-corrected chi connectivity index (χ4v) is 4.30. The SMILES string of the molecule is COc1ccc(CCC(=O)C[C@@H]2c3c(cc4c(c3OC)OCO4)CC[NH+]2C)cc1. The highest BCUT2D eigenvalue weighted by molar-refractivity contribution is 5.79. The molecule has 2 heterocycles. The Bertz CT molecular complexity index is 893. The van der Waals surface area contributed by atoms with Crippen LogP contribution in [0.5, 0.6) is 23.0 Å². The zero-order valence-electron chi connectivity index (χ0n) is 17.2. The van der Waals surface area contributed by atoms with Crippen molar-refractivity contribution in [2.75, 3.05) is 34.6 Å². The molecule has 2 atom stereocenters. The molecule has 0 aromatic heterocycles. The summed E-state index contributed by atoms with van der Waals surface area (Å²) in [4.78, 5) is 14.2. The van der Waals surface area contributed by atoms with E-state index >= 15 is 0 Å². The van der Waals surface area contributed by atoms with Gasteiger partial charge >= 0.3 is 0 Å². The number of methoxy groups -OCH3 is 2. The van der Waals surface area contributed by atoms with Gasteiger partial charge in [0.1, 0.15) is 17.6 Å². The molecule has 0 fully saturated rings. The number of ether oxygens (including phenoxy) is 4. The maximum atomic E-state index is 12.9. The zero-order chi connectivity index (χ0) is 20.4. The molecular weight excluding hydrogens is 370 g/mol. The van der Waals surface area contributed by atoms with E-state index in [-0.39, 0.29) is 18.6 Å². The molecule has 6 heteroatoms. The van der Waals surface area contributed by atoms with Crippen LogP contribution in [0.2, 0.25) is 0 Å². The summed E-state index contributed by atoms with van der Waals surface area (Å²) in [7, 11) is 5.46. The number of rotatable bonds is 7. The van der Waals surface area contributed by atoms with Gasteiger partial charge in [0, 0.05) is 12.8 Å². The van der Waals surface area contributed by atoms with Gasteiger partial charge in [0.05, 0.1) is 39.8 Å². The maximum absolute atomic E-state index is 12.9. The molecule has 29 heavy (non-hydrogen) atoms. The Hall–Kier alpha value is -2.73. The van der Waals surface area contributed by atoms with Crippen LogP contribution in [0, 0.1) is 0 Å². The Morgan fingerprint density at radius 2 is 1.97 bits per heavy atom. The number of hydrogen-bond acceptors (Lipinski definition) is 5. The second-order valence-electron chi connectivity index (χ2n) is 7.71. The van der Waals surface area contributed by atoms with Crippen molar-refractivity contribution in [3.8, 4) is 23.0 Å². The van der Waals surface area contributed by atoms with Crippen LogP contribution in [0.3, 0.4) is 0 Å². The molecular formula is C23H28NO5+. The van der Waals surface area contributed by atoms with Gasteiger partial charge in [-0.3, -0.25) is 4.79 Å². The van der Waals surface area contributed by atoms with E-state index in [1.165, 1.54) is 10.5 Å². The Morgan fingerprint density at radius 1 is 1.17 bits per heavy atom. The number of Topliss-reactive ketones (excluding diaryl/α,β-unsaturated/α-hetero) is 1. The van der Waals surface area contributed by atoms with Gasteiger partial charge in [-0.2, -0.15) is 0 Å². The number of likely N-dealkylation sites (N-methyl/N-ethyl adjacent to an activating group) is 1. The fraction of sp³-hybridized carbons (Fsp3) is 0.435. The number of ketones is 1. The van der Waals surface area contributed by atoms with Crippen molar-refractivity contribution in [2.24, 2.45) is 0 Å². The predicted molar refractivity (Wildman–Crippen MR) is 108 cm³/mol. The minimum Gasteiger partial charge on any atom is -0.497 e. The van der Waals surface area contributed by atoms with Crippen molar-refractivity contribution in [3.05, 3.63) is 47.0 Å². The number of fused-ring (bicyclic) bond motifs is 2. The molecule has 2 aliphatic heterocycles. The normalized spacial score (nSPS) is 19.6. The van der Waals surface area contributed by atoms with Crippen molar-refractivity contribution in [1.29, 1.82) is 0 Å². The summed E-state index contributed by atoms with van der Waals surface area (Å²) in [6.45, 7) is 1.19. The number of aryl methyl sites for hydroxylation is 1. The zero-order valence-corrected chi connectivity index (χ0v) is 17.2. The van der Waals surface area contributed by atoms with E-state index in [2.05, 4.69) is 13.1 Å². The average molecular weight is 398 g/mol. The van der Waals surface area contributed by atoms with E-state index in [4.69, 9.17) is 18.9 Å². The number of quaternary nitrogens is 1. The van der Waals surface area contributed by atoms with E-state index in [0.717, 1.165) is 47.8 Å². The summed E-state index contributed by atoms with van der Waals surface area (Å²) in [5, 5.41) is 0. The van der Waals surface area contributed by atoms with E-state index in [9.17, 15) is 4.79 Å². The first-order valence-corrected chi connectivity index (χ1v) is 10.1. The lowest BCUT2D eigenvalue weighted by atomic mass is 9.87. The first-order chi connectivity index (χ1) is 14.1. The average Bonchev–Trinajstić information content (AvgIpc) is 3.21. The third-order valence-electron chi connectivity index (χ3n) is 5.96. The van der Waals surface area contributed by atoms with Gasteiger partial charge in [-0.15, -0.1) is 0 Å². The topological polar surface area (TPSA) is 58.4 Å². The van der Waals surface area contributed by atoms with Crippen LogP contribution in [0.4, 0.5) is 0 Å². The highest BCUT2D eigenvalue weighted by Gasteiger charge is 2.37. The number of carbonyl (C=O) groups is 1. The minimum absolute atomic E-state index is 0.0616. The van der Waals surface area contributed by atoms with Gasteiger partial charge in [0.2, 0.25) is 12.5 Å². The standard InChI is InChI=1S/C23H27NO5/c1-24-11-10-16-12-20-22(29-14-28-20)23(27-3)21(16)19(24)13-17(25)7-4-15-5-8-18(26-2)9-6-15/h5-6,8-9,12,19H,4,7,10-11,13-14H2,1-3H3/p+1/t19-/m1/s1. The van der Waals surface area contributed by atoms with Crippen LogP contribution >= 0.6 is 0 Å². The molecule has 4 rings (SSSR count). The van der Waals surface area contributed by atoms with Gasteiger partial charge in [0.25, 0.3) is 0 Å². The highest BCUT2D eigenvalue weighted by atomic mass is 16.7. The molecule has 0 spiro atoms. The van der Waals surface area contributed by atoms with Gasteiger partial charge in [-0.1, -0.05) is 12.1 Å². The molecule has 1 unspecified atom stereocenters. The fourth-order valence-electron chi connectivity index (χ4n) is 4.30. The monoisotopic (exact) mass is 398 g/mol. The summed E-state index contributed by atoms with van der Waals surface area (Å²) >= 11 is 0. The summed E-state index contributed by atoms with van der Waals surface area (Å²) in [5.41, 5.74) is 3.44. The Kier molecular flexibility index (Phi) is 5.62. The quantitative estimate of drug-likeness (QED) is 0.774. The van der Waals surface area contributed by atoms with Crippen molar-refractivity contribution in [3.63, 3.8) is 0 Å². The van der Waals surface area contributed by atoms with Crippen LogP contribution in [-0.2, 0) is 17.6 Å². The third-order valence-corrected chi connectivity index (χ3v) is 5.96. The smallest absolute Gasteiger partial charge is 0.231 e. The van der Waals surface area contributed by atoms with Crippen molar-refractivity contribution < 1.29 is 28.6 Å². The molecule has 0 saturated carbocycles. The predicted octanol–water partition coefficient (Wildman–Crippen LogP) is 2.14. The molecule has 0 amide bonds. The van der Waals surface area contributed by atoms with Crippen LogP contribution in [-0.4, -0.2) is 40.4 Å². The Balaban J connectivity index is 1.50. The molecule has 2 aromatic carbocycles. The molecule has 2 aliphatic rings. The first kappa shape index (κ1) is 19.6. The molecule has 0 bridgehead atoms. The van der Waals surface area contributed by atoms with E-state index in [0.29, 0.717) is 18.6 Å². The van der Waals surface area contributed by atoms with Gasteiger partial charge in [0.15, 0.2) is 11.5 Å². The van der Waals surface area contributed by atoms with E-state index < -0.39 is 0 Å². The van der Waals surface area contributed by atoms with Gasteiger partial charge in [-0.25, -0.2) is 0 Å². The number of benzene rings is 2. The largest absolute Gasteiger partial charge is 0.497 e. The Morgan fingerprint density at radius 3 is 2.69 bits per heavy atom. The molecule has 154 valence electrons. The van der Waals surface area contributed by atoms with E-state index in [1.807, 2.05) is 24.3 Å². The molecule has 0 aliphatic carbocycles. The lowest BCUT2D eigenvalue weighted by molar-refractivity contribution is -0.914. The minimum atomic E-state index is 0.0616. The molecule has 2 aromatic rings. The van der Waals surface area contributed by atoms with Crippen molar-refractivity contribution in [1.82, 2.24) is 0 Å². The summed E-state index contributed by atoms with van der Waals surface area (Å²) in [6, 6.07) is 10.0. The highest BCUT2D eigenvalue weighted by Crippen LogP contribution is 2.47. The van der Waals surface area contributed by atoms with Crippen molar-refractivity contribution in [2.45, 2.75) is 31.7 Å². The molecule has 0 saturated heterocycles. The number of carbonyl (C=O) groups excluding carboxylic acids is 1. The van der Waals surface area contributed by atoms with Crippen LogP contribution in [0.25, 0.3) is 0 Å². The lowest BCUT2D eigenvalue weighted by Gasteiger charge is -2.32. The van der Waals surface area contributed by atoms with Gasteiger partial charge in [-0.05, 0) is 35.7 Å². The van der Waals surface area contributed by atoms with Crippen molar-refractivity contribution >= 4 is 5.78 Å². The number of nitrogens with one attached hydrogen (secondary N) is 1. The maximum Gasteiger partial charge on any atom is 0.231 e. The molecule has 6 nitrogen and oxygen atoms in total.